The summed E-state index contributed by atoms with van der Waals surface area (Å²) in [4.78, 5) is 12.3. The van der Waals surface area contributed by atoms with Crippen LogP contribution in [0.2, 0.25) is 0 Å². The third-order valence-electron chi connectivity index (χ3n) is 1.75. The summed E-state index contributed by atoms with van der Waals surface area (Å²) >= 11 is 0. The van der Waals surface area contributed by atoms with E-state index < -0.39 is 10.0 Å². The van der Waals surface area contributed by atoms with Crippen molar-refractivity contribution in [3.05, 3.63) is 7.05 Å². The molecule has 0 saturated carbocycles. The molecule has 1 amide bonds. The van der Waals surface area contributed by atoms with E-state index in [2.05, 4.69) is 7.05 Å². The summed E-state index contributed by atoms with van der Waals surface area (Å²) in [5, 5.41) is 0. The second-order valence-corrected chi connectivity index (χ2v) is 4.74. The van der Waals surface area contributed by atoms with Crippen molar-refractivity contribution >= 4 is 15.9 Å². The molecule has 1 fully saturated rings. The first-order chi connectivity index (χ1) is 5.41. The monoisotopic (exact) mass is 280 g/mol. The molecule has 7 heteroatoms. The van der Waals surface area contributed by atoms with E-state index in [0.29, 0.717) is 13.1 Å². The number of amides is 1. The van der Waals surface area contributed by atoms with E-state index in [1.54, 1.807) is 0 Å². The molecule has 0 spiro atoms. The molecule has 73 valence electrons. The molecule has 0 aromatic carbocycles. The van der Waals surface area contributed by atoms with Crippen LogP contribution in [0.15, 0.2) is 0 Å². The fraction of sp³-hybridized carbons (Fsp3) is 0.667. The molecule has 1 radical (unpaired) electrons. The zero-order chi connectivity index (χ0) is 9.35. The summed E-state index contributed by atoms with van der Waals surface area (Å²) in [5.41, 5.74) is 0. The first-order valence-corrected chi connectivity index (χ1v) is 5.32. The minimum atomic E-state index is -3.22. The second kappa shape index (κ2) is 4.82. The molecular weight excluding hydrogens is 269 g/mol. The zero-order valence-corrected chi connectivity index (χ0v) is 11.1. The van der Waals surface area contributed by atoms with Gasteiger partial charge < -0.3 is 4.90 Å². The number of nitrogens with zero attached hydrogens (tertiary/aromatic N) is 2. The minimum absolute atomic E-state index is 0. The Balaban J connectivity index is 0.00000144. The van der Waals surface area contributed by atoms with E-state index in [0.717, 1.165) is 10.6 Å². The number of hydrogen-bond acceptors (Lipinski definition) is 3. The van der Waals surface area contributed by atoms with Gasteiger partial charge in [0.05, 0.1) is 12.8 Å². The first-order valence-electron chi connectivity index (χ1n) is 3.47. The van der Waals surface area contributed by atoms with Crippen LogP contribution in [0.25, 0.3) is 0 Å². The van der Waals surface area contributed by atoms with Crippen molar-refractivity contribution in [2.24, 2.45) is 0 Å². The van der Waals surface area contributed by atoms with Crippen LogP contribution in [0.4, 0.5) is 0 Å². The summed E-state index contributed by atoms with van der Waals surface area (Å²) in [6.07, 6.45) is 1.10. The first kappa shape index (κ1) is 13.5. The van der Waals surface area contributed by atoms with E-state index in [1.807, 2.05) is 0 Å². The quantitative estimate of drug-likeness (QED) is 0.572. The maximum atomic E-state index is 11.0. The summed E-state index contributed by atoms with van der Waals surface area (Å²) in [6, 6.07) is 0. The molecule has 13 heavy (non-hydrogen) atoms. The molecule has 1 rings (SSSR count). The third-order valence-corrected chi connectivity index (χ3v) is 3.00. The van der Waals surface area contributed by atoms with E-state index in [1.165, 1.54) is 4.90 Å². The standard InChI is InChI=1S/C6H11N2O3S.Y/c1-7-3-4-8(5-6(7)9)12(2,10)11;/h1,3-5H2,2H3;/q-1;. The maximum Gasteiger partial charge on any atom is 0.211 e. The van der Waals surface area contributed by atoms with Crippen molar-refractivity contribution in [1.29, 1.82) is 0 Å². The minimum Gasteiger partial charge on any atom is -0.493 e. The maximum absolute atomic E-state index is 11.0. The van der Waals surface area contributed by atoms with Crippen molar-refractivity contribution < 1.29 is 45.9 Å². The van der Waals surface area contributed by atoms with Crippen molar-refractivity contribution in [2.45, 2.75) is 0 Å². The summed E-state index contributed by atoms with van der Waals surface area (Å²) in [6.45, 7) is 0.627. The van der Waals surface area contributed by atoms with Crippen LogP contribution in [0.3, 0.4) is 0 Å². The van der Waals surface area contributed by atoms with Gasteiger partial charge in [0.1, 0.15) is 0 Å². The Labute approximate surface area is 103 Å². The fourth-order valence-electron chi connectivity index (χ4n) is 0.970. The van der Waals surface area contributed by atoms with Crippen LogP contribution in [-0.4, -0.2) is 49.4 Å². The Hall–Kier alpha value is 0.484. The Morgan fingerprint density at radius 2 is 1.92 bits per heavy atom. The van der Waals surface area contributed by atoms with Crippen LogP contribution in [-0.2, 0) is 47.5 Å². The number of carbonyl (C=O) groups excluding carboxylic acids is 1. The topological polar surface area (TPSA) is 57.7 Å². The van der Waals surface area contributed by atoms with E-state index >= 15 is 0 Å². The van der Waals surface area contributed by atoms with Gasteiger partial charge in [-0.25, -0.2) is 8.42 Å². The summed E-state index contributed by atoms with van der Waals surface area (Å²) in [7, 11) is 0.233. The Bertz CT molecular complexity index is 290. The number of piperazine rings is 1. The molecule has 0 atom stereocenters. The second-order valence-electron chi connectivity index (χ2n) is 2.75. The van der Waals surface area contributed by atoms with Gasteiger partial charge in [-0.1, -0.05) is 0 Å². The fourth-order valence-corrected chi connectivity index (χ4v) is 1.73. The van der Waals surface area contributed by atoms with Gasteiger partial charge in [-0.15, -0.1) is 0 Å². The average Bonchev–Trinajstić information content (AvgIpc) is 1.92. The number of carbonyl (C=O) groups is 1. The van der Waals surface area contributed by atoms with Gasteiger partial charge in [0.2, 0.25) is 15.9 Å². The van der Waals surface area contributed by atoms with Crippen LogP contribution in [0.1, 0.15) is 0 Å². The zero-order valence-electron chi connectivity index (χ0n) is 7.43. The molecule has 0 bridgehead atoms. The molecule has 1 saturated heterocycles. The van der Waals surface area contributed by atoms with Crippen LogP contribution in [0.5, 0.6) is 0 Å². The van der Waals surface area contributed by atoms with E-state index in [4.69, 9.17) is 0 Å². The van der Waals surface area contributed by atoms with Crippen LogP contribution < -0.4 is 0 Å². The number of rotatable bonds is 1. The van der Waals surface area contributed by atoms with Gasteiger partial charge in [-0.3, -0.25) is 11.8 Å². The largest absolute Gasteiger partial charge is 0.493 e. The van der Waals surface area contributed by atoms with Gasteiger partial charge in [0.25, 0.3) is 0 Å². The van der Waals surface area contributed by atoms with Crippen molar-refractivity contribution in [1.82, 2.24) is 9.21 Å². The SMILES string of the molecule is [CH2-]N1CCN(S(C)(=O)=O)CC1=O.[Y]. The third kappa shape index (κ3) is 3.61. The van der Waals surface area contributed by atoms with Crippen molar-refractivity contribution in [3.8, 4) is 0 Å². The number of sulfonamides is 1. The molecule has 1 aliphatic rings. The van der Waals surface area contributed by atoms with Gasteiger partial charge in [-0.05, 0) is 0 Å². The van der Waals surface area contributed by atoms with Crippen molar-refractivity contribution in [3.63, 3.8) is 0 Å². The van der Waals surface area contributed by atoms with Gasteiger partial charge in [0, 0.05) is 45.8 Å². The molecule has 5 nitrogen and oxygen atoms in total. The predicted octanol–water partition coefficient (Wildman–Crippen LogP) is -1.12. The van der Waals surface area contributed by atoms with E-state index in [9.17, 15) is 13.2 Å². The summed E-state index contributed by atoms with van der Waals surface area (Å²) < 4.78 is 23.1. The Morgan fingerprint density at radius 1 is 1.38 bits per heavy atom. The van der Waals surface area contributed by atoms with Crippen LogP contribution in [0, 0.1) is 7.05 Å². The van der Waals surface area contributed by atoms with E-state index in [-0.39, 0.29) is 45.2 Å². The Morgan fingerprint density at radius 3 is 2.31 bits per heavy atom. The van der Waals surface area contributed by atoms with Gasteiger partial charge in [0.15, 0.2) is 0 Å². The summed E-state index contributed by atoms with van der Waals surface area (Å²) in [5.74, 6) is -0.258. The van der Waals surface area contributed by atoms with Gasteiger partial charge in [-0.2, -0.15) is 4.31 Å². The molecular formula is C6H11N2O3SY-. The normalized spacial score (nSPS) is 19.8. The molecule has 0 unspecified atom stereocenters. The molecule has 0 aromatic heterocycles. The molecule has 0 aromatic rings. The molecule has 1 aliphatic heterocycles. The smallest absolute Gasteiger partial charge is 0.211 e. The Kier molecular flexibility index (Phi) is 5.00. The van der Waals surface area contributed by atoms with Crippen LogP contribution >= 0.6 is 0 Å². The van der Waals surface area contributed by atoms with Gasteiger partial charge >= 0.3 is 0 Å². The average molecular weight is 280 g/mol. The molecule has 0 aliphatic carbocycles. The molecule has 1 heterocycles. The molecule has 0 N–H and O–H groups in total. The van der Waals surface area contributed by atoms with Crippen molar-refractivity contribution in [2.75, 3.05) is 25.9 Å². The predicted molar refractivity (Wildman–Crippen MR) is 43.5 cm³/mol. The number of hydrogen-bond donors (Lipinski definition) is 0.